The van der Waals surface area contributed by atoms with Gasteiger partial charge in [-0.25, -0.2) is 9.13 Å². The lowest BCUT2D eigenvalue weighted by Crippen LogP contribution is -2.69. The molecule has 0 radical (unpaired) electrons. The standard InChI is InChI=1S/C18H31O18P/c19-1-4-7(22)10(25)15(28)18(35-4,37(30)31)36-14-6(3-21)33-17(12(27)9(14)24)34-13-5(2-20)32-16(29)11(26)8(13)23/h4-17,19-29H,1-3H2/t4-,5-,6-,7-,8-,9-,10+,11-,12-,13-,14-,15-,16+,17?,18?/m1/s1. The van der Waals surface area contributed by atoms with Gasteiger partial charge in [0.1, 0.15) is 67.1 Å². The monoisotopic (exact) mass is 566 g/mol. The van der Waals surface area contributed by atoms with Gasteiger partial charge in [0.15, 0.2) is 18.7 Å². The summed E-state index contributed by atoms with van der Waals surface area (Å²) in [5, 5.41) is 110. The number of rotatable bonds is 8. The summed E-state index contributed by atoms with van der Waals surface area (Å²) in [6.45, 7) is -2.89. The molecule has 3 fully saturated rings. The molecule has 0 saturated carbocycles. The molecule has 0 amide bonds. The van der Waals surface area contributed by atoms with E-state index in [0.29, 0.717) is 0 Å². The largest absolute Gasteiger partial charge is 0.394 e. The third kappa shape index (κ3) is 5.63. The van der Waals surface area contributed by atoms with E-state index in [-0.39, 0.29) is 0 Å². The molecule has 0 aromatic carbocycles. The van der Waals surface area contributed by atoms with Crippen molar-refractivity contribution >= 4 is 7.68 Å². The fourth-order valence-corrected chi connectivity index (χ4v) is 5.11. The Labute approximate surface area is 208 Å². The van der Waals surface area contributed by atoms with Crippen LogP contribution in [0.3, 0.4) is 0 Å². The number of hydrogen-bond donors (Lipinski definition) is 11. The predicted molar refractivity (Wildman–Crippen MR) is 108 cm³/mol. The van der Waals surface area contributed by atoms with E-state index in [0.717, 1.165) is 0 Å². The van der Waals surface area contributed by atoms with Gasteiger partial charge in [0.05, 0.1) is 19.8 Å². The second kappa shape index (κ2) is 12.2. The minimum absolute atomic E-state index is 0.833. The average Bonchev–Trinajstić information content (AvgIpc) is 2.88. The lowest BCUT2D eigenvalue weighted by atomic mass is 9.96. The molecule has 216 valence electrons. The molecule has 15 atom stereocenters. The molecule has 0 aromatic heterocycles. The summed E-state index contributed by atoms with van der Waals surface area (Å²) in [5.74, 6) is 0. The minimum Gasteiger partial charge on any atom is -0.394 e. The van der Waals surface area contributed by atoms with E-state index in [1.807, 2.05) is 0 Å². The van der Waals surface area contributed by atoms with Gasteiger partial charge >= 0.3 is 13.2 Å². The van der Waals surface area contributed by atoms with Crippen LogP contribution >= 0.6 is 7.68 Å². The Balaban J connectivity index is 1.85. The van der Waals surface area contributed by atoms with Crippen LogP contribution in [0.2, 0.25) is 0 Å². The van der Waals surface area contributed by atoms with Crippen molar-refractivity contribution in [2.24, 2.45) is 0 Å². The van der Waals surface area contributed by atoms with Gasteiger partial charge < -0.3 is 79.9 Å². The zero-order valence-corrected chi connectivity index (χ0v) is 19.8. The van der Waals surface area contributed by atoms with Crippen molar-refractivity contribution in [3.63, 3.8) is 0 Å². The van der Waals surface area contributed by atoms with Crippen LogP contribution in [0, 0.1) is 0 Å². The average molecular weight is 566 g/mol. The van der Waals surface area contributed by atoms with Crippen LogP contribution in [0.4, 0.5) is 0 Å². The van der Waals surface area contributed by atoms with Crippen LogP contribution in [0.1, 0.15) is 0 Å². The quantitative estimate of drug-likeness (QED) is 0.122. The van der Waals surface area contributed by atoms with Gasteiger partial charge in [-0.05, 0) is 0 Å². The first-order valence-corrected chi connectivity index (χ1v) is 12.3. The first-order chi connectivity index (χ1) is 17.3. The summed E-state index contributed by atoms with van der Waals surface area (Å²) in [6, 6.07) is 0. The first kappa shape index (κ1) is 30.8. The Morgan fingerprint density at radius 3 is 1.73 bits per heavy atom. The van der Waals surface area contributed by atoms with Crippen LogP contribution in [0.5, 0.6) is 0 Å². The minimum atomic E-state index is -4.02. The molecule has 3 aliphatic rings. The molecule has 3 saturated heterocycles. The highest BCUT2D eigenvalue weighted by atomic mass is 31.1. The maximum Gasteiger partial charge on any atom is 0.380 e. The Kier molecular flexibility index (Phi) is 10.1. The maximum absolute atomic E-state index is 12.1. The van der Waals surface area contributed by atoms with E-state index in [4.69, 9.17) is 23.7 Å². The molecule has 0 bridgehead atoms. The Morgan fingerprint density at radius 1 is 0.649 bits per heavy atom. The van der Waals surface area contributed by atoms with Crippen LogP contribution in [0.25, 0.3) is 0 Å². The summed E-state index contributed by atoms with van der Waals surface area (Å²) in [6.07, 6.45) is -27.1. The fourth-order valence-electron chi connectivity index (χ4n) is 4.31. The van der Waals surface area contributed by atoms with Gasteiger partial charge in [-0.15, -0.1) is 0 Å². The second-order valence-electron chi connectivity index (χ2n) is 8.77. The number of ether oxygens (including phenoxy) is 5. The van der Waals surface area contributed by atoms with Crippen molar-refractivity contribution in [3.05, 3.63) is 0 Å². The molecule has 19 heteroatoms. The van der Waals surface area contributed by atoms with Crippen LogP contribution in [0.15, 0.2) is 0 Å². The predicted octanol–water partition coefficient (Wildman–Crippen LogP) is -7.07. The molecule has 3 aliphatic heterocycles. The molecular formula is C18H31O18P. The van der Waals surface area contributed by atoms with Crippen LogP contribution < -0.4 is 0 Å². The Morgan fingerprint density at radius 2 is 1.19 bits per heavy atom. The molecule has 0 spiro atoms. The van der Waals surface area contributed by atoms with Crippen LogP contribution in [-0.4, -0.2) is 167 Å². The normalized spacial score (nSPS) is 51.1. The topological polar surface area (TPSA) is 303 Å². The highest BCUT2D eigenvalue weighted by Crippen LogP contribution is 2.45. The van der Waals surface area contributed by atoms with Crippen molar-refractivity contribution in [2.45, 2.75) is 91.4 Å². The summed E-state index contributed by atoms with van der Waals surface area (Å²) in [4.78, 5) is 0. The van der Waals surface area contributed by atoms with Gasteiger partial charge in [-0.2, -0.15) is 0 Å². The second-order valence-corrected chi connectivity index (χ2v) is 9.91. The third-order valence-electron chi connectivity index (χ3n) is 6.44. The van der Waals surface area contributed by atoms with E-state index >= 15 is 0 Å². The van der Waals surface area contributed by atoms with Gasteiger partial charge in [0, 0.05) is 0 Å². The molecule has 3 heterocycles. The Hall–Kier alpha value is -0.740. The van der Waals surface area contributed by atoms with E-state index in [1.165, 1.54) is 0 Å². The Bertz CT molecular complexity index is 816. The lowest BCUT2D eigenvalue weighted by Gasteiger charge is -2.49. The molecule has 18 nitrogen and oxygen atoms in total. The molecule has 37 heavy (non-hydrogen) atoms. The maximum atomic E-state index is 12.1. The van der Waals surface area contributed by atoms with E-state index in [1.54, 1.807) is 0 Å². The molecule has 0 aliphatic carbocycles. The van der Waals surface area contributed by atoms with Gasteiger partial charge in [-0.3, -0.25) is 0 Å². The SMILES string of the molecule is O=P(=O)C1(O[C@H]2[C@H](O)[C@@H](O)C(O[C@H]3[C@H](O)[C@@H](O)[C@@H](O)O[C@@H]3CO)O[C@@H]2CO)O[C@H](CO)[C@@H](O)[C@H](O)[C@H]1O. The smallest absolute Gasteiger partial charge is 0.380 e. The molecule has 0 aromatic rings. The van der Waals surface area contributed by atoms with Crippen molar-refractivity contribution in [3.8, 4) is 0 Å². The summed E-state index contributed by atoms with van der Waals surface area (Å²) in [7, 11) is -4.02. The zero-order valence-electron chi connectivity index (χ0n) is 18.9. The number of hydrogen-bond acceptors (Lipinski definition) is 18. The van der Waals surface area contributed by atoms with Gasteiger partial charge in [0.2, 0.25) is 0 Å². The highest BCUT2D eigenvalue weighted by molar-refractivity contribution is 7.32. The summed E-state index contributed by atoms with van der Waals surface area (Å²) in [5.41, 5.74) is -3.19. The van der Waals surface area contributed by atoms with E-state index < -0.39 is 119 Å². The number of aliphatic hydroxyl groups excluding tert-OH is 11. The first-order valence-electron chi connectivity index (χ1n) is 11.1. The van der Waals surface area contributed by atoms with Gasteiger partial charge in [-0.1, -0.05) is 0 Å². The molecular weight excluding hydrogens is 535 g/mol. The summed E-state index contributed by atoms with van der Waals surface area (Å²) < 4.78 is 50.2. The van der Waals surface area contributed by atoms with E-state index in [2.05, 4.69) is 0 Å². The fraction of sp³-hybridized carbons (Fsp3) is 1.00. The molecule has 11 N–H and O–H groups in total. The lowest BCUT2D eigenvalue weighted by molar-refractivity contribution is -0.387. The zero-order chi connectivity index (χ0) is 27.8. The number of aliphatic hydroxyl groups is 11. The van der Waals surface area contributed by atoms with Crippen molar-refractivity contribution in [2.75, 3.05) is 19.8 Å². The van der Waals surface area contributed by atoms with Crippen molar-refractivity contribution in [1.29, 1.82) is 0 Å². The summed E-state index contributed by atoms with van der Waals surface area (Å²) >= 11 is 0. The molecule has 2 unspecified atom stereocenters. The highest BCUT2D eigenvalue weighted by Gasteiger charge is 2.62. The van der Waals surface area contributed by atoms with Crippen LogP contribution in [-0.2, 0) is 32.8 Å². The van der Waals surface area contributed by atoms with Crippen molar-refractivity contribution in [1.82, 2.24) is 0 Å². The van der Waals surface area contributed by atoms with E-state index in [9.17, 15) is 65.3 Å². The molecule has 3 rings (SSSR count). The third-order valence-corrected chi connectivity index (χ3v) is 7.42. The van der Waals surface area contributed by atoms with Gasteiger partial charge in [0.25, 0.3) is 0 Å². The van der Waals surface area contributed by atoms with Crippen molar-refractivity contribution < 1.29 is 89.0 Å².